The summed E-state index contributed by atoms with van der Waals surface area (Å²) in [6, 6.07) is 4.87. The molecule has 6 nitrogen and oxygen atoms in total. The van der Waals surface area contributed by atoms with Crippen molar-refractivity contribution in [1.29, 1.82) is 0 Å². The zero-order chi connectivity index (χ0) is 16.3. The van der Waals surface area contributed by atoms with E-state index in [1.165, 1.54) is 0 Å². The van der Waals surface area contributed by atoms with Crippen molar-refractivity contribution in [3.63, 3.8) is 0 Å². The zero-order valence-electron chi connectivity index (χ0n) is 13.5. The number of sulfonamides is 1. The summed E-state index contributed by atoms with van der Waals surface area (Å²) in [6.45, 7) is 3.11. The van der Waals surface area contributed by atoms with Gasteiger partial charge in [-0.2, -0.15) is 4.31 Å². The number of rotatable bonds is 5. The van der Waals surface area contributed by atoms with Gasteiger partial charge in [0.2, 0.25) is 10.0 Å². The van der Waals surface area contributed by atoms with Gasteiger partial charge in [-0.05, 0) is 50.9 Å². The molecule has 0 aliphatic carbocycles. The molecule has 0 atom stereocenters. The van der Waals surface area contributed by atoms with Crippen molar-refractivity contribution < 1.29 is 17.9 Å². The van der Waals surface area contributed by atoms with Gasteiger partial charge in [-0.15, -0.1) is 0 Å². The molecule has 1 N–H and O–H groups in total. The van der Waals surface area contributed by atoms with E-state index in [0.717, 1.165) is 25.8 Å². The molecule has 1 aromatic carbocycles. The van der Waals surface area contributed by atoms with E-state index in [4.69, 9.17) is 9.47 Å². The van der Waals surface area contributed by atoms with Gasteiger partial charge in [-0.25, -0.2) is 8.42 Å². The molecule has 0 amide bonds. The number of hydrogen-bond acceptors (Lipinski definition) is 5. The summed E-state index contributed by atoms with van der Waals surface area (Å²) in [5.41, 5.74) is 0. The van der Waals surface area contributed by atoms with Crippen LogP contribution in [0.5, 0.6) is 11.5 Å². The monoisotopic (exact) mass is 340 g/mol. The minimum Gasteiger partial charge on any atom is -0.486 e. The fraction of sp³-hybridized carbons (Fsp3) is 0.625. The maximum atomic E-state index is 12.8. The maximum absolute atomic E-state index is 12.8. The van der Waals surface area contributed by atoms with E-state index >= 15 is 0 Å². The Labute approximate surface area is 137 Å². The van der Waals surface area contributed by atoms with Crippen LogP contribution < -0.4 is 14.8 Å². The second-order valence-corrected chi connectivity index (χ2v) is 7.98. The SMILES string of the molecule is CNCCC1CCN(S(=O)(=O)c2ccc3c(c2)OCCO3)CC1. The quantitative estimate of drug-likeness (QED) is 0.879. The predicted octanol–water partition coefficient (Wildman–Crippen LogP) is 1.47. The minimum absolute atomic E-state index is 0.287. The number of fused-ring (bicyclic) bond motifs is 1. The van der Waals surface area contributed by atoms with Crippen LogP contribution in [0.4, 0.5) is 0 Å². The van der Waals surface area contributed by atoms with Crippen LogP contribution in [0.15, 0.2) is 23.1 Å². The molecule has 23 heavy (non-hydrogen) atoms. The van der Waals surface area contributed by atoms with Gasteiger partial charge in [0.15, 0.2) is 11.5 Å². The molecular formula is C16H24N2O4S. The molecule has 1 saturated heterocycles. The van der Waals surface area contributed by atoms with Crippen LogP contribution in [-0.4, -0.2) is 52.6 Å². The Morgan fingerprint density at radius 1 is 1.17 bits per heavy atom. The lowest BCUT2D eigenvalue weighted by Gasteiger charge is -2.31. The Bertz CT molecular complexity index is 639. The first-order valence-electron chi connectivity index (χ1n) is 8.15. The third kappa shape index (κ3) is 3.62. The Kier molecular flexibility index (Phi) is 5.08. The molecule has 0 saturated carbocycles. The lowest BCUT2D eigenvalue weighted by atomic mass is 9.95. The highest BCUT2D eigenvalue weighted by molar-refractivity contribution is 7.89. The highest BCUT2D eigenvalue weighted by Crippen LogP contribution is 2.34. The highest BCUT2D eigenvalue weighted by Gasteiger charge is 2.30. The van der Waals surface area contributed by atoms with Gasteiger partial charge in [-0.1, -0.05) is 0 Å². The van der Waals surface area contributed by atoms with Crippen molar-refractivity contribution >= 4 is 10.0 Å². The van der Waals surface area contributed by atoms with Gasteiger partial charge in [0.25, 0.3) is 0 Å². The highest BCUT2D eigenvalue weighted by atomic mass is 32.2. The molecule has 7 heteroatoms. The Balaban J connectivity index is 1.70. The van der Waals surface area contributed by atoms with Gasteiger partial charge in [0.05, 0.1) is 4.90 Å². The van der Waals surface area contributed by atoms with Crippen molar-refractivity contribution in [2.45, 2.75) is 24.2 Å². The van der Waals surface area contributed by atoms with Gasteiger partial charge >= 0.3 is 0 Å². The Morgan fingerprint density at radius 2 is 1.87 bits per heavy atom. The number of benzene rings is 1. The molecule has 0 unspecified atom stereocenters. The predicted molar refractivity (Wildman–Crippen MR) is 87.5 cm³/mol. The number of hydrogen-bond donors (Lipinski definition) is 1. The third-order valence-electron chi connectivity index (χ3n) is 4.53. The van der Waals surface area contributed by atoms with Crippen LogP contribution in [-0.2, 0) is 10.0 Å². The fourth-order valence-electron chi connectivity index (χ4n) is 3.12. The normalized spacial score (nSPS) is 19.7. The summed E-state index contributed by atoms with van der Waals surface area (Å²) in [6.07, 6.45) is 2.95. The van der Waals surface area contributed by atoms with Crippen molar-refractivity contribution in [3.05, 3.63) is 18.2 Å². The largest absolute Gasteiger partial charge is 0.486 e. The Hall–Kier alpha value is -1.31. The van der Waals surface area contributed by atoms with Crippen molar-refractivity contribution in [2.24, 2.45) is 5.92 Å². The van der Waals surface area contributed by atoms with E-state index in [1.807, 2.05) is 7.05 Å². The van der Waals surface area contributed by atoms with Crippen LogP contribution >= 0.6 is 0 Å². The topological polar surface area (TPSA) is 67.9 Å². The Morgan fingerprint density at radius 3 is 2.57 bits per heavy atom. The first-order valence-corrected chi connectivity index (χ1v) is 9.59. The lowest BCUT2D eigenvalue weighted by Crippen LogP contribution is -2.38. The van der Waals surface area contributed by atoms with E-state index in [2.05, 4.69) is 5.32 Å². The maximum Gasteiger partial charge on any atom is 0.243 e. The lowest BCUT2D eigenvalue weighted by molar-refractivity contribution is 0.171. The van der Waals surface area contributed by atoms with Crippen LogP contribution in [0.2, 0.25) is 0 Å². The van der Waals surface area contributed by atoms with E-state index in [1.54, 1.807) is 22.5 Å². The molecule has 0 aromatic heterocycles. The molecule has 128 valence electrons. The summed E-state index contributed by atoms with van der Waals surface area (Å²) < 4.78 is 38.2. The molecule has 0 radical (unpaired) electrons. The van der Waals surface area contributed by atoms with Gasteiger partial charge in [0, 0.05) is 19.2 Å². The second kappa shape index (κ2) is 7.07. The van der Waals surface area contributed by atoms with Crippen LogP contribution in [0, 0.1) is 5.92 Å². The van der Waals surface area contributed by atoms with Crippen molar-refractivity contribution in [3.8, 4) is 11.5 Å². The summed E-state index contributed by atoms with van der Waals surface area (Å²) in [5.74, 6) is 1.73. The number of nitrogens with one attached hydrogen (secondary N) is 1. The number of nitrogens with zero attached hydrogens (tertiary/aromatic N) is 1. The zero-order valence-corrected chi connectivity index (χ0v) is 14.3. The number of piperidine rings is 1. The third-order valence-corrected chi connectivity index (χ3v) is 6.42. The summed E-state index contributed by atoms with van der Waals surface area (Å²) in [4.78, 5) is 0.287. The van der Waals surface area contributed by atoms with E-state index in [9.17, 15) is 8.42 Å². The molecule has 0 spiro atoms. The first kappa shape index (κ1) is 16.5. The molecular weight excluding hydrogens is 316 g/mol. The van der Waals surface area contributed by atoms with Gasteiger partial charge in [0.1, 0.15) is 13.2 Å². The smallest absolute Gasteiger partial charge is 0.243 e. The second-order valence-electron chi connectivity index (χ2n) is 6.05. The summed E-state index contributed by atoms with van der Waals surface area (Å²) in [5, 5.41) is 3.15. The van der Waals surface area contributed by atoms with Gasteiger partial charge < -0.3 is 14.8 Å². The molecule has 1 fully saturated rings. The molecule has 3 rings (SSSR count). The van der Waals surface area contributed by atoms with Gasteiger partial charge in [-0.3, -0.25) is 0 Å². The molecule has 2 heterocycles. The average Bonchev–Trinajstić information content (AvgIpc) is 2.60. The van der Waals surface area contributed by atoms with Crippen molar-refractivity contribution in [2.75, 3.05) is 39.9 Å². The average molecular weight is 340 g/mol. The first-order chi connectivity index (χ1) is 11.1. The fourth-order valence-corrected chi connectivity index (χ4v) is 4.61. The molecule has 1 aromatic rings. The van der Waals surface area contributed by atoms with Crippen LogP contribution in [0.3, 0.4) is 0 Å². The summed E-state index contributed by atoms with van der Waals surface area (Å²) >= 11 is 0. The van der Waals surface area contributed by atoms with Crippen LogP contribution in [0.1, 0.15) is 19.3 Å². The van der Waals surface area contributed by atoms with Crippen LogP contribution in [0.25, 0.3) is 0 Å². The molecule has 2 aliphatic rings. The number of ether oxygens (including phenoxy) is 2. The summed E-state index contributed by atoms with van der Waals surface area (Å²) in [7, 11) is -1.51. The van der Waals surface area contributed by atoms with E-state index in [0.29, 0.717) is 43.7 Å². The minimum atomic E-state index is -3.46. The standard InChI is InChI=1S/C16H24N2O4S/c1-17-7-4-13-5-8-18(9-6-13)23(19,20)14-2-3-15-16(12-14)22-11-10-21-15/h2-3,12-13,17H,4-11H2,1H3. The molecule has 0 bridgehead atoms. The van der Waals surface area contributed by atoms with E-state index < -0.39 is 10.0 Å². The van der Waals surface area contributed by atoms with Crippen molar-refractivity contribution in [1.82, 2.24) is 9.62 Å². The molecule has 2 aliphatic heterocycles. The van der Waals surface area contributed by atoms with E-state index in [-0.39, 0.29) is 4.90 Å².